The van der Waals surface area contributed by atoms with Gasteiger partial charge < -0.3 is 5.32 Å². The van der Waals surface area contributed by atoms with Gasteiger partial charge in [0.1, 0.15) is 6.67 Å². The zero-order valence-corrected chi connectivity index (χ0v) is 5.61. The summed E-state index contributed by atoms with van der Waals surface area (Å²) in [7, 11) is 0. The van der Waals surface area contributed by atoms with E-state index < -0.39 is 11.8 Å². The summed E-state index contributed by atoms with van der Waals surface area (Å²) in [5, 5.41) is 2.21. The molecule has 0 saturated heterocycles. The Bertz CT molecular complexity index is 216. The second-order valence-electron chi connectivity index (χ2n) is 1.92. The SMILES string of the molecule is O=CNCN1C(=O)C=CC1=O. The van der Waals surface area contributed by atoms with Crippen LogP contribution in [0.2, 0.25) is 0 Å². The lowest BCUT2D eigenvalue weighted by Gasteiger charge is -2.11. The van der Waals surface area contributed by atoms with E-state index in [0.717, 1.165) is 17.1 Å². The second-order valence-corrected chi connectivity index (χ2v) is 1.92. The molecule has 1 rings (SSSR count). The minimum Gasteiger partial charge on any atom is -0.341 e. The van der Waals surface area contributed by atoms with Gasteiger partial charge in [-0.3, -0.25) is 19.3 Å². The molecule has 3 amide bonds. The Labute approximate surface area is 62.7 Å². The van der Waals surface area contributed by atoms with E-state index in [2.05, 4.69) is 5.32 Å². The number of imide groups is 1. The number of nitrogens with one attached hydrogen (secondary N) is 1. The molecular formula is C6H6N2O3. The van der Waals surface area contributed by atoms with E-state index in [9.17, 15) is 14.4 Å². The Morgan fingerprint density at radius 3 is 2.36 bits per heavy atom. The first-order valence-electron chi connectivity index (χ1n) is 2.96. The van der Waals surface area contributed by atoms with Gasteiger partial charge in [0, 0.05) is 12.2 Å². The maximum atomic E-state index is 10.8. The summed E-state index contributed by atoms with van der Waals surface area (Å²) in [5.41, 5.74) is 0. The molecule has 1 N–H and O–H groups in total. The highest BCUT2D eigenvalue weighted by Gasteiger charge is 2.21. The molecule has 0 saturated carbocycles. The highest BCUT2D eigenvalue weighted by Crippen LogP contribution is 2.00. The number of nitrogens with zero attached hydrogens (tertiary/aromatic N) is 1. The molecule has 0 bridgehead atoms. The van der Waals surface area contributed by atoms with Gasteiger partial charge in [0.05, 0.1) is 0 Å². The van der Waals surface area contributed by atoms with Crippen LogP contribution in [0.3, 0.4) is 0 Å². The molecule has 58 valence electrons. The highest BCUT2D eigenvalue weighted by molar-refractivity contribution is 6.12. The molecule has 0 aliphatic carbocycles. The maximum Gasteiger partial charge on any atom is 0.255 e. The van der Waals surface area contributed by atoms with Gasteiger partial charge in [-0.05, 0) is 0 Å². The average Bonchev–Trinajstić information content (AvgIpc) is 2.29. The van der Waals surface area contributed by atoms with E-state index in [1.165, 1.54) is 0 Å². The lowest BCUT2D eigenvalue weighted by molar-refractivity contribution is -0.137. The smallest absolute Gasteiger partial charge is 0.255 e. The van der Waals surface area contributed by atoms with Crippen molar-refractivity contribution in [2.75, 3.05) is 6.67 Å². The summed E-state index contributed by atoms with van der Waals surface area (Å²) in [6, 6.07) is 0. The largest absolute Gasteiger partial charge is 0.341 e. The molecule has 0 radical (unpaired) electrons. The summed E-state index contributed by atoms with van der Waals surface area (Å²) in [4.78, 5) is 32.2. The fraction of sp³-hybridized carbons (Fsp3) is 0.167. The Balaban J connectivity index is 2.52. The minimum atomic E-state index is -0.399. The standard InChI is InChI=1S/C6H6N2O3/c9-4-7-3-8-5(10)1-2-6(8)11/h1-2,4H,3H2,(H,7,9). The van der Waals surface area contributed by atoms with Gasteiger partial charge in [0.25, 0.3) is 11.8 Å². The second kappa shape index (κ2) is 2.96. The Kier molecular flexibility index (Phi) is 2.00. The monoisotopic (exact) mass is 154 g/mol. The topological polar surface area (TPSA) is 66.5 Å². The number of rotatable bonds is 3. The third-order valence-electron chi connectivity index (χ3n) is 1.23. The third-order valence-corrected chi connectivity index (χ3v) is 1.23. The lowest BCUT2D eigenvalue weighted by Crippen LogP contribution is -2.37. The van der Waals surface area contributed by atoms with Crippen molar-refractivity contribution in [3.05, 3.63) is 12.2 Å². The molecule has 11 heavy (non-hydrogen) atoms. The predicted molar refractivity (Wildman–Crippen MR) is 35.1 cm³/mol. The van der Waals surface area contributed by atoms with E-state index in [1.807, 2.05) is 0 Å². The summed E-state index contributed by atoms with van der Waals surface area (Å²) in [5.74, 6) is -0.797. The van der Waals surface area contributed by atoms with Crippen LogP contribution in [0.5, 0.6) is 0 Å². The van der Waals surface area contributed by atoms with E-state index in [-0.39, 0.29) is 6.67 Å². The summed E-state index contributed by atoms with van der Waals surface area (Å²) in [6.45, 7) is -0.0613. The number of carbonyl (C=O) groups excluding carboxylic acids is 3. The summed E-state index contributed by atoms with van der Waals surface area (Å²) < 4.78 is 0. The fourth-order valence-corrected chi connectivity index (χ4v) is 0.716. The molecule has 0 fully saturated rings. The molecule has 5 nitrogen and oxygen atoms in total. The molecule has 0 aromatic rings. The maximum absolute atomic E-state index is 10.8. The molecular weight excluding hydrogens is 148 g/mol. The van der Waals surface area contributed by atoms with Crippen molar-refractivity contribution in [3.8, 4) is 0 Å². The molecule has 0 aromatic heterocycles. The molecule has 1 heterocycles. The number of hydrogen-bond donors (Lipinski definition) is 1. The molecule has 1 aliphatic rings. The van der Waals surface area contributed by atoms with Crippen LogP contribution in [0.15, 0.2) is 12.2 Å². The molecule has 0 aromatic carbocycles. The van der Waals surface area contributed by atoms with E-state index in [0.29, 0.717) is 6.41 Å². The van der Waals surface area contributed by atoms with Crippen molar-refractivity contribution < 1.29 is 14.4 Å². The summed E-state index contributed by atoms with van der Waals surface area (Å²) >= 11 is 0. The van der Waals surface area contributed by atoms with Crippen molar-refractivity contribution in [1.29, 1.82) is 0 Å². The summed E-state index contributed by atoms with van der Waals surface area (Å²) in [6.07, 6.45) is 2.75. The normalized spacial score (nSPS) is 15.8. The number of hydrogen-bond acceptors (Lipinski definition) is 3. The van der Waals surface area contributed by atoms with Crippen LogP contribution in [0.1, 0.15) is 0 Å². The molecule has 0 atom stereocenters. The zero-order valence-electron chi connectivity index (χ0n) is 5.61. The first kappa shape index (κ1) is 7.46. The average molecular weight is 154 g/mol. The molecule has 0 unspecified atom stereocenters. The number of amides is 3. The van der Waals surface area contributed by atoms with Crippen LogP contribution in [-0.4, -0.2) is 29.8 Å². The van der Waals surface area contributed by atoms with Crippen molar-refractivity contribution in [3.63, 3.8) is 0 Å². The fourth-order valence-electron chi connectivity index (χ4n) is 0.716. The van der Waals surface area contributed by atoms with Gasteiger partial charge in [0.2, 0.25) is 6.41 Å². The van der Waals surface area contributed by atoms with Gasteiger partial charge in [-0.25, -0.2) is 0 Å². The predicted octanol–water partition coefficient (Wildman–Crippen LogP) is -1.39. The quantitative estimate of drug-likeness (QED) is 0.402. The van der Waals surface area contributed by atoms with Crippen molar-refractivity contribution in [2.45, 2.75) is 0 Å². The van der Waals surface area contributed by atoms with Crippen molar-refractivity contribution in [1.82, 2.24) is 10.2 Å². The molecule has 1 aliphatic heterocycles. The minimum absolute atomic E-state index is 0.0613. The van der Waals surface area contributed by atoms with Crippen LogP contribution in [0, 0.1) is 0 Å². The number of carbonyl (C=O) groups is 3. The van der Waals surface area contributed by atoms with Gasteiger partial charge in [-0.15, -0.1) is 0 Å². The first-order chi connectivity index (χ1) is 5.25. The molecule has 5 heteroatoms. The van der Waals surface area contributed by atoms with Crippen LogP contribution in [0.25, 0.3) is 0 Å². The van der Waals surface area contributed by atoms with Gasteiger partial charge >= 0.3 is 0 Å². The van der Waals surface area contributed by atoms with Crippen LogP contribution in [0.4, 0.5) is 0 Å². The van der Waals surface area contributed by atoms with Gasteiger partial charge in [-0.1, -0.05) is 0 Å². The highest BCUT2D eigenvalue weighted by atomic mass is 16.2. The van der Waals surface area contributed by atoms with Crippen molar-refractivity contribution >= 4 is 18.2 Å². The zero-order chi connectivity index (χ0) is 8.27. The Morgan fingerprint density at radius 2 is 1.91 bits per heavy atom. The van der Waals surface area contributed by atoms with E-state index in [4.69, 9.17) is 0 Å². The Morgan fingerprint density at radius 1 is 1.36 bits per heavy atom. The van der Waals surface area contributed by atoms with Crippen LogP contribution < -0.4 is 5.32 Å². The van der Waals surface area contributed by atoms with Crippen LogP contribution in [-0.2, 0) is 14.4 Å². The van der Waals surface area contributed by atoms with E-state index >= 15 is 0 Å². The molecule has 0 spiro atoms. The lowest BCUT2D eigenvalue weighted by atomic mass is 10.6. The first-order valence-corrected chi connectivity index (χ1v) is 2.96. The van der Waals surface area contributed by atoms with Crippen LogP contribution >= 0.6 is 0 Å². The van der Waals surface area contributed by atoms with E-state index in [1.54, 1.807) is 0 Å². The van der Waals surface area contributed by atoms with Crippen molar-refractivity contribution in [2.24, 2.45) is 0 Å². The van der Waals surface area contributed by atoms with Gasteiger partial charge in [-0.2, -0.15) is 0 Å². The Hall–Kier alpha value is -1.65. The third kappa shape index (κ3) is 1.43. The van der Waals surface area contributed by atoms with Gasteiger partial charge in [0.15, 0.2) is 0 Å².